The lowest BCUT2D eigenvalue weighted by Gasteiger charge is -2.28. The van der Waals surface area contributed by atoms with Crippen LogP contribution >= 0.6 is 0 Å². The molecule has 0 saturated heterocycles. The van der Waals surface area contributed by atoms with Gasteiger partial charge in [0, 0.05) is 25.8 Å². The fraction of sp³-hybridized carbons (Fsp3) is 0.579. The largest absolute Gasteiger partial charge is 0.444 e. The molecule has 0 unspecified atom stereocenters. The van der Waals surface area contributed by atoms with E-state index in [1.54, 1.807) is 41.5 Å². The number of benzene rings is 2. The van der Waals surface area contributed by atoms with Gasteiger partial charge in [0.25, 0.3) is 0 Å². The summed E-state index contributed by atoms with van der Waals surface area (Å²) in [5, 5.41) is 16.6. The van der Waals surface area contributed by atoms with E-state index in [-0.39, 0.29) is 35.7 Å². The van der Waals surface area contributed by atoms with E-state index in [0.717, 1.165) is 11.1 Å². The number of ketones is 2. The minimum Gasteiger partial charge on any atom is -0.444 e. The summed E-state index contributed by atoms with van der Waals surface area (Å²) in [6.45, 7) is 15.0. The maximum Gasteiger partial charge on any atom is 0.407 e. The van der Waals surface area contributed by atoms with E-state index >= 15 is 0 Å². The zero-order valence-corrected chi connectivity index (χ0v) is 29.6. The quantitative estimate of drug-likeness (QED) is 0.168. The standard InChI is InChI=1S/C38H56N2O7/c1-36(2,3)46-34(44)39-26-29(23-27-15-11-9-12-16-27)24-30(41)19-21-38(7,8)22-20-32(42)33(43)31(25-28-17-13-10-14-18-28)40-35(45)47-37(4,5)6/h9-18,29,31,33,43H,19-26H2,1-8H3,(H,39,44)(H,40,45)/t29-,31-,33+/m1/s1. The summed E-state index contributed by atoms with van der Waals surface area (Å²) in [6, 6.07) is 18.3. The molecule has 47 heavy (non-hydrogen) atoms. The number of carbonyl (C=O) groups excluding carboxylic acids is 4. The molecule has 0 heterocycles. The second-order valence-electron chi connectivity index (χ2n) is 15.2. The zero-order valence-electron chi connectivity index (χ0n) is 29.6. The molecule has 2 aromatic carbocycles. The van der Waals surface area contributed by atoms with Gasteiger partial charge in [-0.2, -0.15) is 0 Å². The first-order valence-corrected chi connectivity index (χ1v) is 16.6. The van der Waals surface area contributed by atoms with Gasteiger partial charge in [0.2, 0.25) is 0 Å². The number of nitrogens with one attached hydrogen (secondary N) is 2. The lowest BCUT2D eigenvalue weighted by atomic mass is 9.80. The van der Waals surface area contributed by atoms with Crippen LogP contribution in [0, 0.1) is 11.3 Å². The van der Waals surface area contributed by atoms with E-state index in [1.165, 1.54) is 0 Å². The Bertz CT molecular complexity index is 1280. The average Bonchev–Trinajstić information content (AvgIpc) is 2.96. The summed E-state index contributed by atoms with van der Waals surface area (Å²) in [5.41, 5.74) is 0.261. The smallest absolute Gasteiger partial charge is 0.407 e. The van der Waals surface area contributed by atoms with Crippen molar-refractivity contribution in [2.75, 3.05) is 6.54 Å². The van der Waals surface area contributed by atoms with Crippen LogP contribution in [0.1, 0.15) is 98.6 Å². The third-order valence-corrected chi connectivity index (χ3v) is 7.66. The molecule has 2 amide bonds. The lowest BCUT2D eigenvalue weighted by Crippen LogP contribution is -2.49. The summed E-state index contributed by atoms with van der Waals surface area (Å²) in [5.74, 6) is -0.394. The Labute approximate surface area is 281 Å². The van der Waals surface area contributed by atoms with Gasteiger partial charge in [0.15, 0.2) is 5.78 Å². The van der Waals surface area contributed by atoms with E-state index in [1.807, 2.05) is 74.5 Å². The number of rotatable bonds is 17. The van der Waals surface area contributed by atoms with Crippen molar-refractivity contribution in [2.24, 2.45) is 11.3 Å². The summed E-state index contributed by atoms with van der Waals surface area (Å²) in [4.78, 5) is 51.2. The lowest BCUT2D eigenvalue weighted by molar-refractivity contribution is -0.129. The molecule has 0 fully saturated rings. The molecule has 2 aromatic rings. The number of Topliss-reactive ketones (excluding diaryl/α,β-unsaturated/α-hetero) is 2. The molecule has 0 aromatic heterocycles. The number of ether oxygens (including phenoxy) is 2. The Balaban J connectivity index is 1.96. The minimum atomic E-state index is -1.42. The highest BCUT2D eigenvalue weighted by molar-refractivity contribution is 5.84. The van der Waals surface area contributed by atoms with Gasteiger partial charge in [0.1, 0.15) is 23.1 Å². The summed E-state index contributed by atoms with van der Waals surface area (Å²) < 4.78 is 10.8. The van der Waals surface area contributed by atoms with Crippen molar-refractivity contribution < 1.29 is 33.8 Å². The van der Waals surface area contributed by atoms with Gasteiger partial charge in [-0.1, -0.05) is 74.5 Å². The van der Waals surface area contributed by atoms with Crippen molar-refractivity contribution in [1.29, 1.82) is 0 Å². The van der Waals surface area contributed by atoms with E-state index < -0.39 is 35.5 Å². The van der Waals surface area contributed by atoms with Crippen molar-refractivity contribution in [3.63, 3.8) is 0 Å². The summed E-state index contributed by atoms with van der Waals surface area (Å²) in [7, 11) is 0. The zero-order chi connectivity index (χ0) is 35.3. The van der Waals surface area contributed by atoms with Crippen LogP contribution in [0.4, 0.5) is 9.59 Å². The minimum absolute atomic E-state index is 0.0841. The molecule has 0 aliphatic heterocycles. The molecule has 0 aliphatic carbocycles. The maximum atomic E-state index is 13.2. The first-order chi connectivity index (χ1) is 21.8. The Morgan fingerprint density at radius 2 is 1.19 bits per heavy atom. The van der Waals surface area contributed by atoms with Crippen LogP contribution in [0.5, 0.6) is 0 Å². The number of amides is 2. The molecule has 0 aliphatic rings. The Kier molecular flexibility index (Phi) is 15.1. The monoisotopic (exact) mass is 652 g/mol. The molecule has 0 spiro atoms. The van der Waals surface area contributed by atoms with Gasteiger partial charge in [-0.3, -0.25) is 9.59 Å². The Hall–Kier alpha value is -3.72. The number of carbonyl (C=O) groups is 4. The second kappa shape index (κ2) is 18.0. The number of hydrogen-bond acceptors (Lipinski definition) is 7. The highest BCUT2D eigenvalue weighted by Crippen LogP contribution is 2.30. The number of alkyl carbamates (subject to hydrolysis) is 2. The molecule has 9 heteroatoms. The SMILES string of the molecule is CC(C)(CCC(=O)C[C@H](CNC(=O)OC(C)(C)C)Cc1ccccc1)CCC(=O)[C@@H](O)[C@@H](Cc1ccccc1)NC(=O)OC(C)(C)C. The molecular weight excluding hydrogens is 596 g/mol. The average molecular weight is 653 g/mol. The van der Waals surface area contributed by atoms with Gasteiger partial charge in [-0.15, -0.1) is 0 Å². The van der Waals surface area contributed by atoms with Gasteiger partial charge >= 0.3 is 12.2 Å². The van der Waals surface area contributed by atoms with E-state index in [9.17, 15) is 24.3 Å². The number of hydrogen-bond donors (Lipinski definition) is 3. The van der Waals surface area contributed by atoms with Crippen molar-refractivity contribution in [3.8, 4) is 0 Å². The molecule has 0 radical (unpaired) electrons. The molecule has 0 saturated carbocycles. The first-order valence-electron chi connectivity index (χ1n) is 16.6. The molecule has 0 bridgehead atoms. The Morgan fingerprint density at radius 1 is 0.702 bits per heavy atom. The highest BCUT2D eigenvalue weighted by Gasteiger charge is 2.31. The van der Waals surface area contributed by atoms with Crippen molar-refractivity contribution in [1.82, 2.24) is 10.6 Å². The normalized spacial score (nSPS) is 14.0. The maximum absolute atomic E-state index is 13.2. The number of aliphatic hydroxyl groups excluding tert-OH is 1. The van der Waals surface area contributed by atoms with E-state index in [2.05, 4.69) is 10.6 Å². The number of aliphatic hydroxyl groups is 1. The summed E-state index contributed by atoms with van der Waals surface area (Å²) in [6.07, 6.45) is 0.0341. The molecule has 2 rings (SSSR count). The topological polar surface area (TPSA) is 131 Å². The fourth-order valence-electron chi connectivity index (χ4n) is 5.14. The molecule has 9 nitrogen and oxygen atoms in total. The van der Waals surface area contributed by atoms with Crippen molar-refractivity contribution in [3.05, 3.63) is 71.8 Å². The Morgan fingerprint density at radius 3 is 1.72 bits per heavy atom. The van der Waals surface area contributed by atoms with Crippen LogP contribution in [-0.2, 0) is 31.9 Å². The molecule has 260 valence electrons. The highest BCUT2D eigenvalue weighted by atomic mass is 16.6. The van der Waals surface area contributed by atoms with Crippen molar-refractivity contribution in [2.45, 2.75) is 124 Å². The van der Waals surface area contributed by atoms with Gasteiger partial charge in [-0.25, -0.2) is 9.59 Å². The second-order valence-corrected chi connectivity index (χ2v) is 15.2. The third kappa shape index (κ3) is 17.1. The van der Waals surface area contributed by atoms with Crippen LogP contribution in [0.15, 0.2) is 60.7 Å². The van der Waals surface area contributed by atoms with Gasteiger partial charge in [0.05, 0.1) is 6.04 Å². The molecule has 3 atom stereocenters. The fourth-order valence-corrected chi connectivity index (χ4v) is 5.14. The predicted octanol–water partition coefficient (Wildman–Crippen LogP) is 6.98. The van der Waals surface area contributed by atoms with Gasteiger partial charge in [-0.05, 0) is 89.7 Å². The van der Waals surface area contributed by atoms with Crippen LogP contribution in [-0.4, -0.2) is 58.8 Å². The predicted molar refractivity (Wildman–Crippen MR) is 184 cm³/mol. The van der Waals surface area contributed by atoms with Crippen LogP contribution < -0.4 is 10.6 Å². The van der Waals surface area contributed by atoms with E-state index in [0.29, 0.717) is 38.6 Å². The molecule has 3 N–H and O–H groups in total. The van der Waals surface area contributed by atoms with E-state index in [4.69, 9.17) is 9.47 Å². The molecular formula is C38H56N2O7. The van der Waals surface area contributed by atoms with Gasteiger partial charge < -0.3 is 25.2 Å². The van der Waals surface area contributed by atoms with Crippen LogP contribution in [0.2, 0.25) is 0 Å². The van der Waals surface area contributed by atoms with Crippen LogP contribution in [0.25, 0.3) is 0 Å². The summed E-state index contributed by atoms with van der Waals surface area (Å²) >= 11 is 0. The van der Waals surface area contributed by atoms with Crippen molar-refractivity contribution >= 4 is 23.8 Å². The van der Waals surface area contributed by atoms with Crippen LogP contribution in [0.3, 0.4) is 0 Å². The third-order valence-electron chi connectivity index (χ3n) is 7.66. The first kappa shape index (κ1) is 39.5.